The van der Waals surface area contributed by atoms with Gasteiger partial charge >= 0.3 is 43.7 Å². The van der Waals surface area contributed by atoms with Crippen molar-refractivity contribution >= 4 is 90.1 Å². The van der Waals surface area contributed by atoms with Crippen molar-refractivity contribution in [3.05, 3.63) is 0 Å². The van der Waals surface area contributed by atoms with Crippen LogP contribution in [-0.2, 0) is 4.79 Å². The summed E-state index contributed by atoms with van der Waals surface area (Å²) in [5, 5.41) is 6.05. The summed E-state index contributed by atoms with van der Waals surface area (Å²) in [5.74, 6) is -1.23. The zero-order valence-electron chi connectivity index (χ0n) is 4.60. The van der Waals surface area contributed by atoms with E-state index in [1.54, 1.807) is 0 Å². The first-order chi connectivity index (χ1) is 4.46. The molecule has 0 saturated carbocycles. The number of hydrogen-bond donors (Lipinski definition) is 1. The molecule has 0 aliphatic carbocycles. The van der Waals surface area contributed by atoms with Gasteiger partial charge in [-0.1, -0.05) is 0 Å². The number of carbonyl (C=O) groups is 1. The number of hydrogen-bond acceptors (Lipinski definition) is 1. The zero-order chi connectivity index (χ0) is 8.31. The van der Waals surface area contributed by atoms with Gasteiger partial charge in [-0.15, -0.1) is 46.4 Å². The van der Waals surface area contributed by atoms with E-state index in [0.29, 0.717) is 0 Å². The number of alkyl halides is 4. The third-order valence-electron chi connectivity index (χ3n) is 0.756. The molecule has 64 valence electrons. The number of carboxylic acid groups (broad SMARTS) is 1. The minimum atomic E-state index is -1.25. The van der Waals surface area contributed by atoms with Gasteiger partial charge in [0, 0.05) is 0 Å². The van der Waals surface area contributed by atoms with E-state index in [1.165, 1.54) is 0 Å². The molecule has 0 heterocycles. The van der Waals surface area contributed by atoms with Crippen molar-refractivity contribution in [3.63, 3.8) is 0 Å². The predicted molar refractivity (Wildman–Crippen MR) is 56.7 cm³/mol. The number of rotatable bonds is 3. The molecule has 0 rings (SSSR count). The molecule has 0 aromatic rings. The van der Waals surface area contributed by atoms with Gasteiger partial charge in [0.1, 0.15) is 10.2 Å². The van der Waals surface area contributed by atoms with Crippen LogP contribution in [0.15, 0.2) is 0 Å². The van der Waals surface area contributed by atoms with Crippen molar-refractivity contribution < 1.29 is 9.90 Å². The molecule has 0 fully saturated rings. The molecular formula is C4H6Cl4Li2O2. The van der Waals surface area contributed by atoms with Gasteiger partial charge in [0.25, 0.3) is 0 Å². The van der Waals surface area contributed by atoms with Gasteiger partial charge < -0.3 is 5.11 Å². The van der Waals surface area contributed by atoms with Crippen LogP contribution in [0.5, 0.6) is 0 Å². The van der Waals surface area contributed by atoms with Gasteiger partial charge in [0.15, 0.2) is 0 Å². The van der Waals surface area contributed by atoms with Gasteiger partial charge in [-0.3, -0.25) is 4.79 Å². The number of aliphatic carboxylic acids is 1. The van der Waals surface area contributed by atoms with Crippen molar-refractivity contribution in [2.45, 2.75) is 15.6 Å². The molecule has 0 bridgehead atoms. The van der Waals surface area contributed by atoms with Crippen molar-refractivity contribution in [2.24, 2.45) is 0 Å². The first-order valence-electron chi connectivity index (χ1n) is 2.26. The topological polar surface area (TPSA) is 37.3 Å². The summed E-state index contributed by atoms with van der Waals surface area (Å²) in [4.78, 5) is 9.14. The van der Waals surface area contributed by atoms with Gasteiger partial charge in [-0.05, 0) is 0 Å². The summed E-state index contributed by atoms with van der Waals surface area (Å²) in [6.45, 7) is 0. The molecule has 0 saturated heterocycles. The molecule has 0 aromatic heterocycles. The fourth-order valence-electron chi connectivity index (χ4n) is 0.264. The summed E-state index contributed by atoms with van der Waals surface area (Å²) >= 11 is 21.2. The van der Waals surface area contributed by atoms with Crippen molar-refractivity contribution in [1.29, 1.82) is 0 Å². The van der Waals surface area contributed by atoms with Gasteiger partial charge in [-0.2, -0.15) is 0 Å². The third-order valence-corrected chi connectivity index (χ3v) is 2.65. The summed E-state index contributed by atoms with van der Waals surface area (Å²) in [7, 11) is 0. The predicted octanol–water partition coefficient (Wildman–Crippen LogP) is 0.792. The van der Waals surface area contributed by atoms with Crippen LogP contribution in [0.25, 0.3) is 0 Å². The molecule has 1 N–H and O–H groups in total. The van der Waals surface area contributed by atoms with Crippen molar-refractivity contribution in [3.8, 4) is 0 Å². The Kier molecular flexibility index (Phi) is 15.2. The Morgan fingerprint density at radius 2 is 1.42 bits per heavy atom. The number of carboxylic acids is 1. The first-order valence-corrected chi connectivity index (χ1v) is 4.00. The second-order valence-electron chi connectivity index (χ2n) is 1.52. The Labute approximate surface area is 115 Å². The Hall–Kier alpha value is 1.82. The fraction of sp³-hybridized carbons (Fsp3) is 0.750. The van der Waals surface area contributed by atoms with E-state index in [0.717, 1.165) is 0 Å². The van der Waals surface area contributed by atoms with Crippen LogP contribution in [0.4, 0.5) is 0 Å². The molecule has 2 unspecified atom stereocenters. The number of halogens is 4. The van der Waals surface area contributed by atoms with Crippen LogP contribution < -0.4 is 0 Å². The molecule has 12 heavy (non-hydrogen) atoms. The summed E-state index contributed by atoms with van der Waals surface area (Å²) in [6.07, 6.45) is 0. The Morgan fingerprint density at radius 1 is 1.08 bits per heavy atom. The van der Waals surface area contributed by atoms with E-state index in [-0.39, 0.29) is 37.7 Å². The second kappa shape index (κ2) is 9.38. The van der Waals surface area contributed by atoms with E-state index in [2.05, 4.69) is 0 Å². The van der Waals surface area contributed by atoms with Crippen LogP contribution in [0, 0.1) is 0 Å². The van der Waals surface area contributed by atoms with E-state index in [4.69, 9.17) is 51.5 Å². The Balaban J connectivity index is -0.000000405. The average Bonchev–Trinajstić information content (AvgIpc) is 1.84. The van der Waals surface area contributed by atoms with Crippen LogP contribution >= 0.6 is 46.4 Å². The van der Waals surface area contributed by atoms with E-state index < -0.39 is 21.6 Å². The maximum atomic E-state index is 10.1. The molecule has 2 atom stereocenters. The molecular weight excluding hydrogens is 236 g/mol. The van der Waals surface area contributed by atoms with Crippen LogP contribution in [0.1, 0.15) is 0 Å². The van der Waals surface area contributed by atoms with E-state index in [9.17, 15) is 4.79 Å². The molecule has 2 nitrogen and oxygen atoms in total. The molecule has 8 heteroatoms. The Morgan fingerprint density at radius 3 is 1.50 bits per heavy atom. The van der Waals surface area contributed by atoms with Gasteiger partial charge in [0.05, 0.1) is 5.38 Å². The second-order valence-corrected chi connectivity index (χ2v) is 3.66. The molecule has 0 radical (unpaired) electrons. The molecule has 0 aromatic carbocycles. The maximum absolute atomic E-state index is 10.1. The molecule has 0 amide bonds. The average molecular weight is 242 g/mol. The van der Waals surface area contributed by atoms with Crippen LogP contribution in [0.3, 0.4) is 0 Å². The summed E-state index contributed by atoms with van der Waals surface area (Å²) in [6, 6.07) is 0. The van der Waals surface area contributed by atoms with Crippen molar-refractivity contribution in [1.82, 2.24) is 0 Å². The summed E-state index contributed by atoms with van der Waals surface area (Å²) < 4.78 is 0. The van der Waals surface area contributed by atoms with Gasteiger partial charge in [-0.25, -0.2) is 0 Å². The van der Waals surface area contributed by atoms with E-state index >= 15 is 0 Å². The monoisotopic (exact) mass is 240 g/mol. The van der Waals surface area contributed by atoms with E-state index in [1.807, 2.05) is 0 Å². The first kappa shape index (κ1) is 19.4. The minimum absolute atomic E-state index is 0. The standard InChI is InChI=1S/C4H4Cl4O2.2Li.2H/c5-1(3(7)8)2(6)4(9)10;;;;/h1-3H,(H,9,10);;;;. The molecule has 0 aliphatic heterocycles. The Bertz CT molecular complexity index is 134. The van der Waals surface area contributed by atoms with Crippen LogP contribution in [-0.4, -0.2) is 64.4 Å². The normalized spacial score (nSPS) is 14.1. The van der Waals surface area contributed by atoms with Crippen molar-refractivity contribution in [2.75, 3.05) is 0 Å². The zero-order valence-corrected chi connectivity index (χ0v) is 7.62. The van der Waals surface area contributed by atoms with Gasteiger partial charge in [0.2, 0.25) is 0 Å². The molecule has 0 spiro atoms. The quantitative estimate of drug-likeness (QED) is 0.586. The SMILES string of the molecule is O=C(O)C(Cl)C(Cl)C(Cl)Cl.[LiH].[LiH]. The summed E-state index contributed by atoms with van der Waals surface area (Å²) in [5.41, 5.74) is 0. The third kappa shape index (κ3) is 7.25. The molecule has 0 aliphatic rings. The fourth-order valence-corrected chi connectivity index (χ4v) is 0.957. The van der Waals surface area contributed by atoms with Crippen LogP contribution in [0.2, 0.25) is 0 Å².